The van der Waals surface area contributed by atoms with E-state index in [0.717, 1.165) is 23.6 Å². The van der Waals surface area contributed by atoms with Crippen molar-refractivity contribution in [3.05, 3.63) is 18.1 Å². The Kier molecular flexibility index (Phi) is 1.81. The van der Waals surface area contributed by atoms with Crippen LogP contribution in [0.1, 0.15) is 18.5 Å². The van der Waals surface area contributed by atoms with E-state index >= 15 is 0 Å². The van der Waals surface area contributed by atoms with Gasteiger partial charge in [0.2, 0.25) is 0 Å². The molecule has 2 N–H and O–H groups in total. The predicted molar refractivity (Wildman–Crippen MR) is 48.9 cm³/mol. The lowest BCUT2D eigenvalue weighted by Crippen LogP contribution is -2.20. The summed E-state index contributed by atoms with van der Waals surface area (Å²) in [6.45, 7) is 0. The van der Waals surface area contributed by atoms with E-state index in [4.69, 9.17) is 5.73 Å². The number of nitrogens with two attached hydrogens (primary N) is 1. The zero-order valence-corrected chi connectivity index (χ0v) is 7.77. The van der Waals surface area contributed by atoms with Gasteiger partial charge in [-0.1, -0.05) is 0 Å². The molecule has 0 aromatic carbocycles. The van der Waals surface area contributed by atoms with Crippen LogP contribution in [0, 0.1) is 0 Å². The van der Waals surface area contributed by atoms with Crippen LogP contribution in [0.5, 0.6) is 0 Å². The van der Waals surface area contributed by atoms with Gasteiger partial charge in [-0.15, -0.1) is 11.8 Å². The van der Waals surface area contributed by atoms with Gasteiger partial charge in [-0.05, 0) is 25.2 Å². The van der Waals surface area contributed by atoms with Gasteiger partial charge in [0.15, 0.2) is 0 Å². The summed E-state index contributed by atoms with van der Waals surface area (Å²) >= 11 is 1.62. The first-order valence-corrected chi connectivity index (χ1v) is 5.12. The molecule has 1 aliphatic rings. The lowest BCUT2D eigenvalue weighted by Gasteiger charge is -2.07. The number of aromatic nitrogens is 2. The molecule has 12 heavy (non-hydrogen) atoms. The quantitative estimate of drug-likeness (QED) is 0.549. The molecule has 0 bridgehead atoms. The highest BCUT2D eigenvalue weighted by atomic mass is 32.2. The normalized spacial score (nSPS) is 19.2. The van der Waals surface area contributed by atoms with Crippen molar-refractivity contribution in [3.63, 3.8) is 0 Å². The first kappa shape index (κ1) is 8.01. The van der Waals surface area contributed by atoms with Gasteiger partial charge >= 0.3 is 0 Å². The Hall–Kier alpha value is -0.610. The highest BCUT2D eigenvalue weighted by molar-refractivity contribution is 7.98. The van der Waals surface area contributed by atoms with E-state index in [1.807, 2.05) is 12.3 Å². The van der Waals surface area contributed by atoms with Gasteiger partial charge in [-0.2, -0.15) is 0 Å². The molecular weight excluding hydrogens is 170 g/mol. The zero-order chi connectivity index (χ0) is 8.60. The summed E-state index contributed by atoms with van der Waals surface area (Å²) in [7, 11) is 0. The molecule has 0 saturated heterocycles. The minimum absolute atomic E-state index is 0.132. The van der Waals surface area contributed by atoms with E-state index in [0.29, 0.717) is 0 Å². The lowest BCUT2D eigenvalue weighted by molar-refractivity contribution is 0.696. The monoisotopic (exact) mass is 181 g/mol. The van der Waals surface area contributed by atoms with Crippen molar-refractivity contribution in [3.8, 4) is 0 Å². The molecule has 0 amide bonds. The van der Waals surface area contributed by atoms with Crippen molar-refractivity contribution < 1.29 is 0 Å². The first-order valence-electron chi connectivity index (χ1n) is 3.90. The molecule has 0 atom stereocenters. The number of nitrogens with zero attached hydrogens (tertiary/aromatic N) is 2. The van der Waals surface area contributed by atoms with E-state index in [-0.39, 0.29) is 5.54 Å². The molecule has 1 heterocycles. The minimum Gasteiger partial charge on any atom is -0.320 e. The second-order valence-electron chi connectivity index (χ2n) is 3.10. The van der Waals surface area contributed by atoms with Gasteiger partial charge in [0.05, 0.1) is 16.3 Å². The third-order valence-corrected chi connectivity index (χ3v) is 2.79. The molecule has 1 aromatic heterocycles. The lowest BCUT2D eigenvalue weighted by atomic mass is 10.2. The Balaban J connectivity index is 2.32. The Morgan fingerprint density at radius 1 is 1.50 bits per heavy atom. The Labute approximate surface area is 75.8 Å². The van der Waals surface area contributed by atoms with Crippen molar-refractivity contribution in [2.75, 3.05) is 6.26 Å². The van der Waals surface area contributed by atoms with Gasteiger partial charge in [0, 0.05) is 0 Å². The Morgan fingerprint density at radius 3 is 2.83 bits per heavy atom. The van der Waals surface area contributed by atoms with E-state index in [9.17, 15) is 0 Å². The van der Waals surface area contributed by atoms with Crippen LogP contribution in [-0.2, 0) is 5.54 Å². The largest absolute Gasteiger partial charge is 0.320 e. The number of thioether (sulfide) groups is 1. The van der Waals surface area contributed by atoms with Crippen LogP contribution < -0.4 is 5.73 Å². The van der Waals surface area contributed by atoms with Crippen LogP contribution in [0.4, 0.5) is 0 Å². The van der Waals surface area contributed by atoms with Crippen molar-refractivity contribution in [1.82, 2.24) is 9.97 Å². The molecule has 0 unspecified atom stereocenters. The first-order chi connectivity index (χ1) is 5.74. The van der Waals surface area contributed by atoms with Crippen LogP contribution >= 0.6 is 11.8 Å². The van der Waals surface area contributed by atoms with Crippen LogP contribution in [0.15, 0.2) is 17.4 Å². The van der Waals surface area contributed by atoms with Crippen molar-refractivity contribution in [1.29, 1.82) is 0 Å². The van der Waals surface area contributed by atoms with E-state index in [1.54, 1.807) is 18.1 Å². The summed E-state index contributed by atoms with van der Waals surface area (Å²) in [5.41, 5.74) is 6.85. The molecule has 0 spiro atoms. The van der Waals surface area contributed by atoms with Crippen LogP contribution in [-0.4, -0.2) is 16.2 Å². The summed E-state index contributed by atoms with van der Waals surface area (Å²) in [6, 6.07) is 1.98. The molecule has 1 aromatic rings. The summed E-state index contributed by atoms with van der Waals surface area (Å²) in [4.78, 5) is 8.27. The summed E-state index contributed by atoms with van der Waals surface area (Å²) in [6.07, 6.45) is 5.70. The maximum absolute atomic E-state index is 5.99. The highest BCUT2D eigenvalue weighted by Gasteiger charge is 2.41. The van der Waals surface area contributed by atoms with Crippen LogP contribution in [0.25, 0.3) is 0 Å². The predicted octanol–water partition coefficient (Wildman–Crippen LogP) is 1.15. The van der Waals surface area contributed by atoms with Gasteiger partial charge < -0.3 is 5.73 Å². The topological polar surface area (TPSA) is 51.8 Å². The van der Waals surface area contributed by atoms with Crippen molar-refractivity contribution in [2.45, 2.75) is 23.4 Å². The fourth-order valence-electron chi connectivity index (χ4n) is 1.11. The average Bonchev–Trinajstić information content (AvgIpc) is 2.85. The van der Waals surface area contributed by atoms with Crippen molar-refractivity contribution in [2.24, 2.45) is 5.73 Å². The standard InChI is InChI=1S/C8H11N3S/c1-12-7-4-6(10-5-11-7)8(9)2-3-8/h4-5H,2-3,9H2,1H3. The smallest absolute Gasteiger partial charge is 0.117 e. The molecule has 0 aliphatic heterocycles. The summed E-state index contributed by atoms with van der Waals surface area (Å²) in [5.74, 6) is 0. The molecule has 0 radical (unpaired) electrons. The molecule has 1 saturated carbocycles. The number of hydrogen-bond donors (Lipinski definition) is 1. The maximum Gasteiger partial charge on any atom is 0.117 e. The molecule has 1 aliphatic carbocycles. The average molecular weight is 181 g/mol. The molecule has 2 rings (SSSR count). The van der Waals surface area contributed by atoms with Gasteiger partial charge in [-0.25, -0.2) is 9.97 Å². The highest BCUT2D eigenvalue weighted by Crippen LogP contribution is 2.41. The third kappa shape index (κ3) is 1.32. The SMILES string of the molecule is CSc1cc(C2(N)CC2)ncn1. The zero-order valence-electron chi connectivity index (χ0n) is 6.95. The van der Waals surface area contributed by atoms with Crippen LogP contribution in [0.3, 0.4) is 0 Å². The maximum atomic E-state index is 5.99. The van der Waals surface area contributed by atoms with Gasteiger partial charge in [0.1, 0.15) is 6.33 Å². The summed E-state index contributed by atoms with van der Waals surface area (Å²) in [5, 5.41) is 0.997. The van der Waals surface area contributed by atoms with Crippen LogP contribution in [0.2, 0.25) is 0 Å². The molecule has 3 nitrogen and oxygen atoms in total. The molecule has 4 heteroatoms. The van der Waals surface area contributed by atoms with Gasteiger partial charge in [0.25, 0.3) is 0 Å². The third-order valence-electron chi connectivity index (χ3n) is 2.15. The summed E-state index contributed by atoms with van der Waals surface area (Å²) < 4.78 is 0. The van der Waals surface area contributed by atoms with Crippen molar-refractivity contribution >= 4 is 11.8 Å². The molecule has 64 valence electrons. The fourth-order valence-corrected chi connectivity index (χ4v) is 1.50. The second-order valence-corrected chi connectivity index (χ2v) is 3.93. The van der Waals surface area contributed by atoms with E-state index < -0.39 is 0 Å². The van der Waals surface area contributed by atoms with Gasteiger partial charge in [-0.3, -0.25) is 0 Å². The minimum atomic E-state index is -0.132. The molecular formula is C8H11N3S. The van der Waals surface area contributed by atoms with E-state index in [1.165, 1.54) is 0 Å². The molecule has 1 fully saturated rings. The number of hydrogen-bond acceptors (Lipinski definition) is 4. The second kappa shape index (κ2) is 2.71. The Bertz CT molecular complexity index is 296. The Morgan fingerprint density at radius 2 is 2.25 bits per heavy atom. The van der Waals surface area contributed by atoms with E-state index in [2.05, 4.69) is 9.97 Å². The number of rotatable bonds is 2. The fraction of sp³-hybridized carbons (Fsp3) is 0.500.